The number of nitriles is 1. The second kappa shape index (κ2) is 9.11. The van der Waals surface area contributed by atoms with E-state index < -0.39 is 6.04 Å². The number of nitrogens with one attached hydrogen (secondary N) is 1. The highest BCUT2D eigenvalue weighted by Gasteiger charge is 2.22. The number of pyridine rings is 1. The first-order valence-electron chi connectivity index (χ1n) is 9.04. The minimum absolute atomic E-state index is 0.138. The molecule has 0 radical (unpaired) electrons. The number of halogens is 2. The van der Waals surface area contributed by atoms with Crippen LogP contribution in [0.15, 0.2) is 36.5 Å². The molecule has 8 nitrogen and oxygen atoms in total. The topological polar surface area (TPSA) is 106 Å². The SMILES string of the molecule is CC(C)Oc1nc([C@H](C)NC(=O)c2cc(Cl)cc(Cl)c2)n(-c2ccc(C#N)cn2)n1. The minimum atomic E-state index is -0.551. The van der Waals surface area contributed by atoms with Crippen molar-refractivity contribution in [1.82, 2.24) is 25.1 Å². The second-order valence-electron chi connectivity index (χ2n) is 6.70. The fourth-order valence-electron chi connectivity index (χ4n) is 2.62. The zero-order valence-corrected chi connectivity index (χ0v) is 17.9. The summed E-state index contributed by atoms with van der Waals surface area (Å²) in [7, 11) is 0. The third-order valence-electron chi connectivity index (χ3n) is 3.91. The molecule has 0 aliphatic carbocycles. The fraction of sp³-hybridized carbons (Fsp3) is 0.250. The molecule has 3 aromatic rings. The lowest BCUT2D eigenvalue weighted by molar-refractivity contribution is 0.0937. The molecule has 0 saturated carbocycles. The number of hydrogen-bond acceptors (Lipinski definition) is 6. The van der Waals surface area contributed by atoms with Gasteiger partial charge in [-0.2, -0.15) is 14.9 Å². The van der Waals surface area contributed by atoms with Gasteiger partial charge in [0, 0.05) is 21.8 Å². The average Bonchev–Trinajstić information content (AvgIpc) is 3.10. The first-order chi connectivity index (χ1) is 14.3. The lowest BCUT2D eigenvalue weighted by Gasteiger charge is -2.14. The van der Waals surface area contributed by atoms with Gasteiger partial charge in [0.05, 0.1) is 17.7 Å². The van der Waals surface area contributed by atoms with Crippen LogP contribution in [0.5, 0.6) is 6.01 Å². The van der Waals surface area contributed by atoms with Crippen LogP contribution in [0.2, 0.25) is 10.0 Å². The van der Waals surface area contributed by atoms with Crippen molar-refractivity contribution in [3.63, 3.8) is 0 Å². The van der Waals surface area contributed by atoms with Gasteiger partial charge in [0.15, 0.2) is 11.6 Å². The highest BCUT2D eigenvalue weighted by molar-refractivity contribution is 6.35. The van der Waals surface area contributed by atoms with E-state index in [0.717, 1.165) is 0 Å². The summed E-state index contributed by atoms with van der Waals surface area (Å²) in [6.07, 6.45) is 1.29. The maximum absolute atomic E-state index is 12.7. The largest absolute Gasteiger partial charge is 0.460 e. The number of aromatic nitrogens is 4. The number of ether oxygens (including phenoxy) is 1. The fourth-order valence-corrected chi connectivity index (χ4v) is 3.15. The molecular formula is C20H18Cl2N6O2. The van der Waals surface area contributed by atoms with E-state index in [1.165, 1.54) is 23.0 Å². The summed E-state index contributed by atoms with van der Waals surface area (Å²) in [6, 6.07) is 9.47. The van der Waals surface area contributed by atoms with E-state index in [2.05, 4.69) is 20.4 Å². The van der Waals surface area contributed by atoms with E-state index in [1.54, 1.807) is 25.1 Å². The van der Waals surface area contributed by atoms with Gasteiger partial charge in [0.2, 0.25) is 0 Å². The number of hydrogen-bond donors (Lipinski definition) is 1. The van der Waals surface area contributed by atoms with Gasteiger partial charge in [-0.3, -0.25) is 4.79 Å². The number of carbonyl (C=O) groups is 1. The summed E-state index contributed by atoms with van der Waals surface area (Å²) in [6.45, 7) is 5.47. The van der Waals surface area contributed by atoms with Gasteiger partial charge in [-0.15, -0.1) is 5.10 Å². The summed E-state index contributed by atoms with van der Waals surface area (Å²) < 4.78 is 7.07. The Morgan fingerprint density at radius 2 is 1.90 bits per heavy atom. The van der Waals surface area contributed by atoms with Crippen LogP contribution >= 0.6 is 23.2 Å². The van der Waals surface area contributed by atoms with Crippen molar-refractivity contribution >= 4 is 29.1 Å². The quantitative estimate of drug-likeness (QED) is 0.612. The van der Waals surface area contributed by atoms with Crippen LogP contribution in [0.1, 0.15) is 48.6 Å². The highest BCUT2D eigenvalue weighted by Crippen LogP contribution is 2.22. The molecule has 1 aromatic carbocycles. The highest BCUT2D eigenvalue weighted by atomic mass is 35.5. The molecule has 0 spiro atoms. The number of rotatable bonds is 6. The minimum Gasteiger partial charge on any atom is -0.460 e. The monoisotopic (exact) mass is 444 g/mol. The van der Waals surface area contributed by atoms with Crippen LogP contribution in [0.4, 0.5) is 0 Å². The molecular weight excluding hydrogens is 427 g/mol. The molecule has 3 rings (SSSR count). The molecule has 10 heteroatoms. The maximum atomic E-state index is 12.7. The third-order valence-corrected chi connectivity index (χ3v) is 4.34. The van der Waals surface area contributed by atoms with Crippen LogP contribution < -0.4 is 10.1 Å². The molecule has 0 aliphatic rings. The Morgan fingerprint density at radius 3 is 2.47 bits per heavy atom. The average molecular weight is 445 g/mol. The molecule has 2 aromatic heterocycles. The molecule has 1 N–H and O–H groups in total. The molecule has 0 aliphatic heterocycles. The Bertz CT molecular complexity index is 1090. The summed E-state index contributed by atoms with van der Waals surface area (Å²) in [5.41, 5.74) is 0.735. The second-order valence-corrected chi connectivity index (χ2v) is 7.57. The van der Waals surface area contributed by atoms with Gasteiger partial charge in [-0.1, -0.05) is 23.2 Å². The smallest absolute Gasteiger partial charge is 0.336 e. The Balaban J connectivity index is 1.93. The third kappa shape index (κ3) is 5.06. The summed E-state index contributed by atoms with van der Waals surface area (Å²) in [5.74, 6) is 0.465. The van der Waals surface area contributed by atoms with Crippen LogP contribution in [0.3, 0.4) is 0 Å². The predicted octanol–water partition coefficient (Wildman–Crippen LogP) is 4.12. The van der Waals surface area contributed by atoms with Gasteiger partial charge in [0.25, 0.3) is 5.91 Å². The van der Waals surface area contributed by atoms with E-state index in [9.17, 15) is 4.79 Å². The summed E-state index contributed by atoms with van der Waals surface area (Å²) in [5, 5.41) is 16.9. The molecule has 1 amide bonds. The van der Waals surface area contributed by atoms with Crippen LogP contribution in [-0.4, -0.2) is 31.8 Å². The van der Waals surface area contributed by atoms with Crippen molar-refractivity contribution in [3.05, 3.63) is 63.5 Å². The maximum Gasteiger partial charge on any atom is 0.336 e. The first kappa shape index (κ1) is 21.6. The zero-order chi connectivity index (χ0) is 21.8. The molecule has 30 heavy (non-hydrogen) atoms. The van der Waals surface area contributed by atoms with Crippen LogP contribution in [0, 0.1) is 11.3 Å². The normalized spacial score (nSPS) is 11.8. The van der Waals surface area contributed by atoms with Crippen molar-refractivity contribution in [2.45, 2.75) is 32.9 Å². The number of amides is 1. The number of carbonyl (C=O) groups excluding carboxylic acids is 1. The Labute approximate surface area is 183 Å². The Morgan fingerprint density at radius 1 is 1.20 bits per heavy atom. The standard InChI is InChI=1S/C20H18Cl2N6O2/c1-11(2)30-20-26-18(28(27-20)17-5-4-13(9-23)10-24-17)12(3)25-19(29)14-6-15(21)8-16(22)7-14/h4-8,10-12H,1-3H3,(H,25,29)/t12-/m0/s1. The van der Waals surface area contributed by atoms with Gasteiger partial charge < -0.3 is 10.1 Å². The van der Waals surface area contributed by atoms with E-state index >= 15 is 0 Å². The van der Waals surface area contributed by atoms with E-state index in [1.807, 2.05) is 19.9 Å². The molecule has 154 valence electrons. The lowest BCUT2D eigenvalue weighted by Crippen LogP contribution is -2.28. The van der Waals surface area contributed by atoms with Gasteiger partial charge in [0.1, 0.15) is 6.07 Å². The molecule has 2 heterocycles. The van der Waals surface area contributed by atoms with Crippen LogP contribution in [0.25, 0.3) is 5.82 Å². The van der Waals surface area contributed by atoms with Gasteiger partial charge in [-0.05, 0) is 51.1 Å². The molecule has 0 unspecified atom stereocenters. The Hall–Kier alpha value is -3.15. The van der Waals surface area contributed by atoms with Crippen LogP contribution in [-0.2, 0) is 0 Å². The summed E-state index contributed by atoms with van der Waals surface area (Å²) in [4.78, 5) is 21.3. The Kier molecular flexibility index (Phi) is 6.55. The lowest BCUT2D eigenvalue weighted by atomic mass is 10.2. The van der Waals surface area contributed by atoms with Crippen molar-refractivity contribution < 1.29 is 9.53 Å². The first-order valence-corrected chi connectivity index (χ1v) is 9.79. The summed E-state index contributed by atoms with van der Waals surface area (Å²) >= 11 is 12.0. The van der Waals surface area contributed by atoms with Gasteiger partial charge in [-0.25, -0.2) is 4.98 Å². The van der Waals surface area contributed by atoms with E-state index in [4.69, 9.17) is 33.2 Å². The number of nitrogens with zero attached hydrogens (tertiary/aromatic N) is 5. The zero-order valence-electron chi connectivity index (χ0n) is 16.4. The van der Waals surface area contributed by atoms with Crippen molar-refractivity contribution in [1.29, 1.82) is 5.26 Å². The van der Waals surface area contributed by atoms with Crippen molar-refractivity contribution in [2.24, 2.45) is 0 Å². The van der Waals surface area contributed by atoms with Crippen molar-refractivity contribution in [3.8, 4) is 17.9 Å². The molecule has 0 saturated heterocycles. The van der Waals surface area contributed by atoms with E-state index in [-0.39, 0.29) is 18.0 Å². The molecule has 0 bridgehead atoms. The predicted molar refractivity (Wildman–Crippen MR) is 112 cm³/mol. The molecule has 1 atom stereocenters. The van der Waals surface area contributed by atoms with Gasteiger partial charge >= 0.3 is 6.01 Å². The number of benzene rings is 1. The van der Waals surface area contributed by atoms with E-state index in [0.29, 0.717) is 32.8 Å². The molecule has 0 fully saturated rings. The van der Waals surface area contributed by atoms with Crippen molar-refractivity contribution in [2.75, 3.05) is 0 Å².